The van der Waals surface area contributed by atoms with Crippen molar-refractivity contribution in [3.8, 4) is 0 Å². The molecule has 6 nitrogen and oxygen atoms in total. The minimum Gasteiger partial charge on any atom is -0.479 e. The summed E-state index contributed by atoms with van der Waals surface area (Å²) in [6.07, 6.45) is 1.92. The summed E-state index contributed by atoms with van der Waals surface area (Å²) in [5.41, 5.74) is 0.556. The molecule has 1 atom stereocenters. The Morgan fingerprint density at radius 3 is 2.57 bits per heavy atom. The second kappa shape index (κ2) is 7.08. The zero-order valence-corrected chi connectivity index (χ0v) is 12.0. The van der Waals surface area contributed by atoms with Crippen molar-refractivity contribution in [2.75, 3.05) is 20.3 Å². The number of carbonyl (C=O) groups excluding carboxylic acids is 1. The van der Waals surface area contributed by atoms with E-state index in [2.05, 4.69) is 5.32 Å². The van der Waals surface area contributed by atoms with Gasteiger partial charge in [-0.3, -0.25) is 0 Å². The summed E-state index contributed by atoms with van der Waals surface area (Å²) in [6.45, 7) is 0.904. The Labute approximate surface area is 123 Å². The number of methoxy groups -OCH3 is 1. The smallest absolute Gasteiger partial charge is 0.330 e. The molecular formula is C15H20N2O4. The van der Waals surface area contributed by atoms with Crippen molar-refractivity contribution in [1.29, 1.82) is 0 Å². The fraction of sp³-hybridized carbons (Fsp3) is 0.467. The van der Waals surface area contributed by atoms with Crippen LogP contribution in [0.3, 0.4) is 0 Å². The molecule has 0 heterocycles. The number of nitrogens with zero attached hydrogens (tertiary/aromatic N) is 1. The van der Waals surface area contributed by atoms with E-state index in [0.29, 0.717) is 18.7 Å². The second-order valence-corrected chi connectivity index (χ2v) is 5.05. The van der Waals surface area contributed by atoms with Crippen molar-refractivity contribution in [2.45, 2.75) is 24.9 Å². The van der Waals surface area contributed by atoms with E-state index in [1.54, 1.807) is 42.3 Å². The molecule has 0 aliphatic heterocycles. The van der Waals surface area contributed by atoms with E-state index in [4.69, 9.17) is 4.74 Å². The van der Waals surface area contributed by atoms with E-state index in [9.17, 15) is 14.7 Å². The zero-order chi connectivity index (χ0) is 15.2. The van der Waals surface area contributed by atoms with Crippen LogP contribution in [-0.2, 0) is 9.53 Å². The maximum Gasteiger partial charge on any atom is 0.330 e. The lowest BCUT2D eigenvalue weighted by Gasteiger charge is -2.25. The highest BCUT2D eigenvalue weighted by molar-refractivity contribution is 5.84. The van der Waals surface area contributed by atoms with Gasteiger partial charge in [0.25, 0.3) is 0 Å². The van der Waals surface area contributed by atoms with Crippen LogP contribution in [0.25, 0.3) is 0 Å². The van der Waals surface area contributed by atoms with Crippen LogP contribution in [0, 0.1) is 0 Å². The third-order valence-electron chi connectivity index (χ3n) is 3.43. The number of benzene rings is 1. The summed E-state index contributed by atoms with van der Waals surface area (Å²) in [7, 11) is 1.58. The monoisotopic (exact) mass is 292 g/mol. The number of urea groups is 1. The second-order valence-electron chi connectivity index (χ2n) is 5.05. The van der Waals surface area contributed by atoms with Crippen LogP contribution in [0.5, 0.6) is 0 Å². The summed E-state index contributed by atoms with van der Waals surface area (Å²) >= 11 is 0. The molecule has 6 heteroatoms. The van der Waals surface area contributed by atoms with Crippen LogP contribution in [0.4, 0.5) is 4.79 Å². The van der Waals surface area contributed by atoms with Gasteiger partial charge in [0.2, 0.25) is 0 Å². The quantitative estimate of drug-likeness (QED) is 0.800. The van der Waals surface area contributed by atoms with Crippen molar-refractivity contribution < 1.29 is 19.4 Å². The van der Waals surface area contributed by atoms with Gasteiger partial charge in [0.05, 0.1) is 6.61 Å². The molecular weight excluding hydrogens is 272 g/mol. The number of hydrogen-bond donors (Lipinski definition) is 2. The van der Waals surface area contributed by atoms with Gasteiger partial charge in [-0.2, -0.15) is 0 Å². The standard InChI is InChI=1S/C15H20N2O4/c1-21-10-9-17(12-7-8-12)15(20)16-13(14(18)19)11-5-3-2-4-6-11/h2-6,12-13H,7-10H2,1H3,(H,16,20)(H,18,19)/t13-/m0/s1. The molecule has 0 unspecified atom stereocenters. The van der Waals surface area contributed by atoms with E-state index in [-0.39, 0.29) is 12.1 Å². The number of amides is 2. The number of carboxylic acids is 1. The molecule has 1 aromatic rings. The lowest BCUT2D eigenvalue weighted by Crippen LogP contribution is -2.46. The number of ether oxygens (including phenoxy) is 1. The molecule has 0 bridgehead atoms. The fourth-order valence-corrected chi connectivity index (χ4v) is 2.17. The predicted molar refractivity (Wildman–Crippen MR) is 77.0 cm³/mol. The summed E-state index contributed by atoms with van der Waals surface area (Å²) in [6, 6.07) is 7.49. The first kappa shape index (κ1) is 15.3. The Hall–Kier alpha value is -2.08. The lowest BCUT2D eigenvalue weighted by atomic mass is 10.1. The minimum atomic E-state index is -1.07. The van der Waals surface area contributed by atoms with Crippen molar-refractivity contribution in [3.05, 3.63) is 35.9 Å². The number of nitrogens with one attached hydrogen (secondary N) is 1. The van der Waals surface area contributed by atoms with Crippen LogP contribution in [0.15, 0.2) is 30.3 Å². The molecule has 2 N–H and O–H groups in total. The van der Waals surface area contributed by atoms with Gasteiger partial charge in [0.1, 0.15) is 0 Å². The van der Waals surface area contributed by atoms with Crippen LogP contribution >= 0.6 is 0 Å². The van der Waals surface area contributed by atoms with Gasteiger partial charge in [0.15, 0.2) is 6.04 Å². The first-order valence-electron chi connectivity index (χ1n) is 6.97. The van der Waals surface area contributed by atoms with E-state index >= 15 is 0 Å². The number of carbonyl (C=O) groups is 2. The van der Waals surface area contributed by atoms with Crippen LogP contribution in [0.1, 0.15) is 24.4 Å². The molecule has 1 fully saturated rings. The SMILES string of the molecule is COCCN(C(=O)N[C@H](C(=O)O)c1ccccc1)C1CC1. The summed E-state index contributed by atoms with van der Waals surface area (Å²) < 4.78 is 5.00. The average molecular weight is 292 g/mol. The topological polar surface area (TPSA) is 78.9 Å². The highest BCUT2D eigenvalue weighted by atomic mass is 16.5. The molecule has 21 heavy (non-hydrogen) atoms. The predicted octanol–water partition coefficient (Wildman–Crippen LogP) is 1.63. The fourth-order valence-electron chi connectivity index (χ4n) is 2.17. The Balaban J connectivity index is 2.05. The third-order valence-corrected chi connectivity index (χ3v) is 3.43. The van der Waals surface area contributed by atoms with Gasteiger partial charge in [-0.1, -0.05) is 30.3 Å². The third kappa shape index (κ3) is 4.19. The van der Waals surface area contributed by atoms with Crippen molar-refractivity contribution in [3.63, 3.8) is 0 Å². The average Bonchev–Trinajstić information content (AvgIpc) is 3.30. The molecule has 2 rings (SSSR count). The largest absolute Gasteiger partial charge is 0.479 e. The van der Waals surface area contributed by atoms with Gasteiger partial charge in [0, 0.05) is 19.7 Å². The summed E-state index contributed by atoms with van der Waals surface area (Å²) in [5, 5.41) is 11.9. The van der Waals surface area contributed by atoms with Gasteiger partial charge >= 0.3 is 12.0 Å². The van der Waals surface area contributed by atoms with Crippen LogP contribution < -0.4 is 5.32 Å². The van der Waals surface area contributed by atoms with Gasteiger partial charge in [-0.15, -0.1) is 0 Å². The summed E-state index contributed by atoms with van der Waals surface area (Å²) in [5.74, 6) is -1.07. The molecule has 114 valence electrons. The normalized spacial score (nSPS) is 15.3. The van der Waals surface area contributed by atoms with E-state index in [1.807, 2.05) is 0 Å². The van der Waals surface area contributed by atoms with Gasteiger partial charge < -0.3 is 20.1 Å². The van der Waals surface area contributed by atoms with E-state index < -0.39 is 12.0 Å². The molecule has 0 aromatic heterocycles. The highest BCUT2D eigenvalue weighted by Crippen LogP contribution is 2.27. The first-order valence-corrected chi connectivity index (χ1v) is 6.97. The van der Waals surface area contributed by atoms with E-state index in [1.165, 1.54) is 0 Å². The van der Waals surface area contributed by atoms with Gasteiger partial charge in [-0.05, 0) is 18.4 Å². The number of aliphatic carboxylic acids is 1. The number of carboxylic acid groups (broad SMARTS) is 1. The lowest BCUT2D eigenvalue weighted by molar-refractivity contribution is -0.139. The van der Waals surface area contributed by atoms with Crippen molar-refractivity contribution in [2.24, 2.45) is 0 Å². The van der Waals surface area contributed by atoms with Gasteiger partial charge in [-0.25, -0.2) is 9.59 Å². The molecule has 1 aliphatic carbocycles. The Kier molecular flexibility index (Phi) is 5.16. The van der Waals surface area contributed by atoms with Crippen molar-refractivity contribution >= 4 is 12.0 Å². The van der Waals surface area contributed by atoms with Crippen molar-refractivity contribution in [1.82, 2.24) is 10.2 Å². The zero-order valence-electron chi connectivity index (χ0n) is 12.0. The molecule has 1 saturated carbocycles. The molecule has 0 radical (unpaired) electrons. The van der Waals surface area contributed by atoms with E-state index in [0.717, 1.165) is 12.8 Å². The Morgan fingerprint density at radius 2 is 2.05 bits per heavy atom. The molecule has 1 aromatic carbocycles. The minimum absolute atomic E-state index is 0.199. The highest BCUT2D eigenvalue weighted by Gasteiger charge is 2.34. The maximum atomic E-state index is 12.3. The molecule has 0 spiro atoms. The van der Waals surface area contributed by atoms with Crippen LogP contribution in [-0.4, -0.2) is 48.3 Å². The molecule has 1 aliphatic rings. The molecule has 2 amide bonds. The molecule has 0 saturated heterocycles. The number of hydrogen-bond acceptors (Lipinski definition) is 3. The Bertz CT molecular complexity index is 488. The Morgan fingerprint density at radius 1 is 1.38 bits per heavy atom. The van der Waals surface area contributed by atoms with Crippen LogP contribution in [0.2, 0.25) is 0 Å². The maximum absolute atomic E-state index is 12.3. The number of rotatable bonds is 7. The summed E-state index contributed by atoms with van der Waals surface area (Å²) in [4.78, 5) is 25.4. The first-order chi connectivity index (χ1) is 10.1.